The summed E-state index contributed by atoms with van der Waals surface area (Å²) in [5.74, 6) is 1.33. The summed E-state index contributed by atoms with van der Waals surface area (Å²) in [7, 11) is 6.24. The van der Waals surface area contributed by atoms with Gasteiger partial charge in [-0.1, -0.05) is 29.8 Å². The minimum Gasteiger partial charge on any atom is -0.493 e. The average Bonchev–Trinajstić information content (AvgIpc) is 3.43. The van der Waals surface area contributed by atoms with Crippen LogP contribution in [0.4, 0.5) is 5.69 Å². The number of pyridine rings is 1. The zero-order valence-corrected chi connectivity index (χ0v) is 25.9. The van der Waals surface area contributed by atoms with E-state index in [1.165, 1.54) is 7.11 Å². The predicted molar refractivity (Wildman–Crippen MR) is 172 cm³/mol. The number of aromatic nitrogens is 2. The highest BCUT2D eigenvalue weighted by Crippen LogP contribution is 2.46. The van der Waals surface area contributed by atoms with Gasteiger partial charge in [0.15, 0.2) is 11.5 Å². The number of rotatable bonds is 10. The van der Waals surface area contributed by atoms with Crippen LogP contribution < -0.4 is 19.5 Å². The van der Waals surface area contributed by atoms with Gasteiger partial charge < -0.3 is 29.2 Å². The lowest BCUT2D eigenvalue weighted by atomic mass is 9.87. The van der Waals surface area contributed by atoms with Crippen molar-refractivity contribution in [1.82, 2.24) is 14.9 Å². The van der Waals surface area contributed by atoms with E-state index in [9.17, 15) is 4.79 Å². The molecule has 10 heteroatoms. The van der Waals surface area contributed by atoms with Crippen LogP contribution in [0.15, 0.2) is 66.9 Å². The number of hydrogen-bond donors (Lipinski definition) is 2. The van der Waals surface area contributed by atoms with E-state index in [1.54, 1.807) is 27.5 Å². The van der Waals surface area contributed by atoms with Crippen molar-refractivity contribution in [1.29, 1.82) is 0 Å². The molecular weight excluding hydrogens is 580 g/mol. The van der Waals surface area contributed by atoms with Crippen LogP contribution in [0, 0.1) is 0 Å². The first kappa shape index (κ1) is 29.6. The van der Waals surface area contributed by atoms with E-state index >= 15 is 0 Å². The zero-order chi connectivity index (χ0) is 30.8. The van der Waals surface area contributed by atoms with Crippen molar-refractivity contribution in [3.05, 3.63) is 88.7 Å². The van der Waals surface area contributed by atoms with Gasteiger partial charge in [0.05, 0.1) is 40.0 Å². The maximum Gasteiger partial charge on any atom is 0.323 e. The molecule has 0 spiro atoms. The summed E-state index contributed by atoms with van der Waals surface area (Å²) in [5.41, 5.74) is 5.88. The molecule has 2 N–H and O–H groups in total. The summed E-state index contributed by atoms with van der Waals surface area (Å²) in [6.45, 7) is 1.28. The number of aromatic amines is 1. The van der Waals surface area contributed by atoms with E-state index in [2.05, 4.69) is 32.3 Å². The lowest BCUT2D eigenvalue weighted by Crippen LogP contribution is -2.49. The van der Waals surface area contributed by atoms with Crippen LogP contribution in [0.1, 0.15) is 29.3 Å². The molecule has 0 radical (unpaired) electrons. The number of nitrogens with one attached hydrogen (secondary N) is 2. The van der Waals surface area contributed by atoms with E-state index in [4.69, 9.17) is 30.5 Å². The van der Waals surface area contributed by atoms with Crippen molar-refractivity contribution in [3.8, 4) is 17.2 Å². The Balaban J connectivity index is 1.38. The van der Waals surface area contributed by atoms with Crippen LogP contribution >= 0.6 is 11.6 Å². The quantitative estimate of drug-likeness (QED) is 0.138. The van der Waals surface area contributed by atoms with E-state index in [-0.39, 0.29) is 12.0 Å². The Bertz CT molecular complexity index is 1800. The molecule has 0 bridgehead atoms. The number of esters is 1. The maximum absolute atomic E-state index is 13.4. The molecule has 0 saturated carbocycles. The fraction of sp³-hybridized carbons (Fsp3) is 0.294. The number of anilines is 1. The van der Waals surface area contributed by atoms with Gasteiger partial charge in [0.25, 0.3) is 0 Å². The Kier molecular flexibility index (Phi) is 8.50. The number of nitrogens with zero attached hydrogens (tertiary/aromatic N) is 2. The van der Waals surface area contributed by atoms with Gasteiger partial charge in [-0.2, -0.15) is 0 Å². The molecule has 0 unspecified atom stereocenters. The van der Waals surface area contributed by atoms with Gasteiger partial charge in [0.2, 0.25) is 5.75 Å². The minimum absolute atomic E-state index is 0.275. The molecule has 0 fully saturated rings. The smallest absolute Gasteiger partial charge is 0.323 e. The fourth-order valence-corrected chi connectivity index (χ4v) is 6.51. The van der Waals surface area contributed by atoms with Crippen LogP contribution in [-0.4, -0.2) is 68.4 Å². The van der Waals surface area contributed by atoms with Gasteiger partial charge in [-0.3, -0.25) is 14.7 Å². The predicted octanol–water partition coefficient (Wildman–Crippen LogP) is 6.39. The Morgan fingerprint density at radius 1 is 1.00 bits per heavy atom. The highest BCUT2D eigenvalue weighted by atomic mass is 35.5. The number of ether oxygens (including phenoxy) is 4. The average molecular weight is 615 g/mol. The van der Waals surface area contributed by atoms with Crippen LogP contribution in [-0.2, 0) is 16.0 Å². The molecule has 5 aromatic rings. The maximum atomic E-state index is 13.4. The molecule has 1 aliphatic heterocycles. The molecule has 0 amide bonds. The topological polar surface area (TPSA) is 97.9 Å². The number of carbonyl (C=O) groups is 1. The van der Waals surface area contributed by atoms with Crippen LogP contribution in [0.5, 0.6) is 17.2 Å². The van der Waals surface area contributed by atoms with Crippen molar-refractivity contribution < 1.29 is 23.7 Å². The summed E-state index contributed by atoms with van der Waals surface area (Å²) in [6, 6.07) is 19.0. The van der Waals surface area contributed by atoms with Crippen molar-refractivity contribution >= 4 is 45.1 Å². The Hall–Kier alpha value is -4.47. The van der Waals surface area contributed by atoms with Gasteiger partial charge in [-0.05, 0) is 60.0 Å². The third kappa shape index (κ3) is 5.37. The summed E-state index contributed by atoms with van der Waals surface area (Å²) in [6.07, 6.45) is 3.05. The molecule has 44 heavy (non-hydrogen) atoms. The van der Waals surface area contributed by atoms with Crippen molar-refractivity contribution in [2.75, 3.05) is 46.8 Å². The molecule has 1 aliphatic rings. The van der Waals surface area contributed by atoms with E-state index in [0.29, 0.717) is 41.8 Å². The molecule has 2 atom stereocenters. The minimum atomic E-state index is -0.500. The van der Waals surface area contributed by atoms with Crippen molar-refractivity contribution in [2.24, 2.45) is 0 Å². The van der Waals surface area contributed by atoms with Gasteiger partial charge >= 0.3 is 5.97 Å². The summed E-state index contributed by atoms with van der Waals surface area (Å²) in [4.78, 5) is 23.8. The molecule has 6 rings (SSSR count). The lowest BCUT2D eigenvalue weighted by Gasteiger charge is -2.41. The van der Waals surface area contributed by atoms with Gasteiger partial charge in [-0.25, -0.2) is 0 Å². The third-order valence-corrected chi connectivity index (χ3v) is 8.57. The Morgan fingerprint density at radius 2 is 1.77 bits per heavy atom. The summed E-state index contributed by atoms with van der Waals surface area (Å²) >= 11 is 6.19. The van der Waals surface area contributed by atoms with Crippen molar-refractivity contribution in [3.63, 3.8) is 0 Å². The second kappa shape index (κ2) is 12.6. The fourth-order valence-electron chi connectivity index (χ4n) is 6.35. The standard InChI is InChI=1S/C34H35ClN4O5/c1-41-29-16-20(17-30(42-2)33(29)43-3)32-31-24(22-8-5-6-9-26(22)38-31)19-28(34(40)44-4)39(32)15-7-13-36-25-12-14-37-27-18-21(35)10-11-23(25)27/h5-6,8-12,14,16-18,28,32,38H,7,13,15,19H2,1-4H3,(H,36,37)/t28-,32-/m0/s1. The summed E-state index contributed by atoms with van der Waals surface area (Å²) < 4.78 is 22.4. The normalized spacial score (nSPS) is 16.5. The largest absolute Gasteiger partial charge is 0.493 e. The monoisotopic (exact) mass is 614 g/mol. The number of para-hydroxylation sites is 1. The highest BCUT2D eigenvalue weighted by Gasteiger charge is 2.41. The number of halogens is 1. The van der Waals surface area contributed by atoms with Crippen LogP contribution in [0.3, 0.4) is 0 Å². The number of hydrogen-bond acceptors (Lipinski definition) is 8. The first-order valence-electron chi connectivity index (χ1n) is 14.5. The molecule has 9 nitrogen and oxygen atoms in total. The lowest BCUT2D eigenvalue weighted by molar-refractivity contribution is -0.148. The SMILES string of the molecule is COC(=O)[C@@H]1Cc2c([nH]c3ccccc23)[C@H](c2cc(OC)c(OC)c(OC)c2)N1CCCNc1ccnc2cc(Cl)ccc12. The Labute approximate surface area is 261 Å². The molecule has 3 aromatic carbocycles. The summed E-state index contributed by atoms with van der Waals surface area (Å²) in [5, 5.41) is 6.31. The number of benzene rings is 3. The van der Waals surface area contributed by atoms with Crippen molar-refractivity contribution in [2.45, 2.75) is 24.9 Å². The zero-order valence-electron chi connectivity index (χ0n) is 25.1. The van der Waals surface area contributed by atoms with Gasteiger partial charge in [-0.15, -0.1) is 0 Å². The molecule has 2 aromatic heterocycles. The number of H-pyrrole nitrogens is 1. The van der Waals surface area contributed by atoms with E-state index in [0.717, 1.165) is 50.7 Å². The first-order chi connectivity index (χ1) is 21.5. The molecule has 0 saturated heterocycles. The number of fused-ring (bicyclic) bond motifs is 4. The Morgan fingerprint density at radius 3 is 2.50 bits per heavy atom. The molecular formula is C34H35ClN4O5. The number of carbonyl (C=O) groups excluding carboxylic acids is 1. The third-order valence-electron chi connectivity index (χ3n) is 8.34. The van der Waals surface area contributed by atoms with Crippen LogP contribution in [0.2, 0.25) is 5.02 Å². The molecule has 3 heterocycles. The number of methoxy groups -OCH3 is 4. The van der Waals surface area contributed by atoms with Crippen LogP contribution in [0.25, 0.3) is 21.8 Å². The van der Waals surface area contributed by atoms with Gasteiger partial charge in [0, 0.05) is 58.4 Å². The second-order valence-electron chi connectivity index (χ2n) is 10.7. The second-order valence-corrected chi connectivity index (χ2v) is 11.1. The first-order valence-corrected chi connectivity index (χ1v) is 14.9. The molecule has 228 valence electrons. The van der Waals surface area contributed by atoms with Gasteiger partial charge in [0.1, 0.15) is 6.04 Å². The van der Waals surface area contributed by atoms with E-state index in [1.807, 2.05) is 48.5 Å². The van der Waals surface area contributed by atoms with E-state index < -0.39 is 6.04 Å². The molecule has 0 aliphatic carbocycles. The highest BCUT2D eigenvalue weighted by molar-refractivity contribution is 6.31.